The van der Waals surface area contributed by atoms with Crippen LogP contribution in [0, 0.1) is 5.92 Å². The molecule has 1 aliphatic heterocycles. The molecule has 0 radical (unpaired) electrons. The number of rotatable bonds is 5. The van der Waals surface area contributed by atoms with E-state index in [2.05, 4.69) is 15.4 Å². The molecule has 3 rings (SSSR count). The topological polar surface area (TPSA) is 69.0 Å². The summed E-state index contributed by atoms with van der Waals surface area (Å²) in [7, 11) is 0. The van der Waals surface area contributed by atoms with Crippen molar-refractivity contribution in [3.8, 4) is 0 Å². The fourth-order valence-electron chi connectivity index (χ4n) is 2.72. The SMILES string of the molecule is CCn1cc([C@H]2OCC[C@@H]2C(=O)N[C@H](C)c2nccs2)cn1. The van der Waals surface area contributed by atoms with Gasteiger partial charge >= 0.3 is 0 Å². The lowest BCUT2D eigenvalue weighted by Gasteiger charge is -2.19. The van der Waals surface area contributed by atoms with E-state index in [0.29, 0.717) is 6.61 Å². The zero-order chi connectivity index (χ0) is 15.5. The molecular formula is C15H20N4O2S. The van der Waals surface area contributed by atoms with Gasteiger partial charge in [-0.05, 0) is 20.3 Å². The lowest BCUT2D eigenvalue weighted by molar-refractivity contribution is -0.127. The molecular weight excluding hydrogens is 300 g/mol. The highest BCUT2D eigenvalue weighted by molar-refractivity contribution is 7.09. The Morgan fingerprint density at radius 1 is 1.64 bits per heavy atom. The molecule has 0 spiro atoms. The lowest BCUT2D eigenvalue weighted by Crippen LogP contribution is -2.34. The van der Waals surface area contributed by atoms with Crippen LogP contribution in [0.5, 0.6) is 0 Å². The van der Waals surface area contributed by atoms with Crippen LogP contribution < -0.4 is 5.32 Å². The van der Waals surface area contributed by atoms with Gasteiger partial charge in [-0.2, -0.15) is 5.10 Å². The number of amides is 1. The predicted octanol–water partition coefficient (Wildman–Crippen LogP) is 2.31. The van der Waals surface area contributed by atoms with Gasteiger partial charge in [0, 0.05) is 36.5 Å². The first-order valence-corrected chi connectivity index (χ1v) is 8.40. The van der Waals surface area contributed by atoms with Gasteiger partial charge < -0.3 is 10.1 Å². The Labute approximate surface area is 133 Å². The number of nitrogens with one attached hydrogen (secondary N) is 1. The van der Waals surface area contributed by atoms with Crippen LogP contribution in [-0.4, -0.2) is 27.3 Å². The Morgan fingerprint density at radius 2 is 2.50 bits per heavy atom. The van der Waals surface area contributed by atoms with Crippen LogP contribution in [0.25, 0.3) is 0 Å². The van der Waals surface area contributed by atoms with E-state index in [0.717, 1.165) is 23.5 Å². The van der Waals surface area contributed by atoms with Gasteiger partial charge in [0.05, 0.1) is 24.3 Å². The first-order valence-electron chi connectivity index (χ1n) is 7.52. The molecule has 1 saturated heterocycles. The molecule has 0 saturated carbocycles. The zero-order valence-electron chi connectivity index (χ0n) is 12.7. The van der Waals surface area contributed by atoms with Crippen molar-refractivity contribution in [2.75, 3.05) is 6.61 Å². The number of nitrogens with zero attached hydrogens (tertiary/aromatic N) is 3. The first-order chi connectivity index (χ1) is 10.7. The number of aromatic nitrogens is 3. The summed E-state index contributed by atoms with van der Waals surface area (Å²) in [4.78, 5) is 16.8. The Balaban J connectivity index is 1.68. The fraction of sp³-hybridized carbons (Fsp3) is 0.533. The van der Waals surface area contributed by atoms with Crippen LogP contribution in [0.3, 0.4) is 0 Å². The number of hydrogen-bond donors (Lipinski definition) is 1. The predicted molar refractivity (Wildman–Crippen MR) is 83.4 cm³/mol. The Hall–Kier alpha value is -1.73. The number of ether oxygens (including phenoxy) is 1. The van der Waals surface area contributed by atoms with Gasteiger partial charge in [0.25, 0.3) is 0 Å². The van der Waals surface area contributed by atoms with Gasteiger partial charge in [-0.15, -0.1) is 11.3 Å². The summed E-state index contributed by atoms with van der Waals surface area (Å²) in [5.74, 6) is -0.147. The molecule has 1 aliphatic rings. The van der Waals surface area contributed by atoms with E-state index in [9.17, 15) is 4.79 Å². The van der Waals surface area contributed by atoms with Crippen LogP contribution >= 0.6 is 11.3 Å². The minimum Gasteiger partial charge on any atom is -0.373 e. The van der Waals surface area contributed by atoms with E-state index in [1.165, 1.54) is 0 Å². The second-order valence-electron chi connectivity index (χ2n) is 5.42. The minimum atomic E-state index is -0.205. The van der Waals surface area contributed by atoms with Crippen LogP contribution in [0.1, 0.15) is 43.0 Å². The number of hydrogen-bond acceptors (Lipinski definition) is 5. The van der Waals surface area contributed by atoms with Gasteiger partial charge in [0.1, 0.15) is 5.01 Å². The minimum absolute atomic E-state index is 0.0226. The molecule has 118 valence electrons. The molecule has 3 atom stereocenters. The highest BCUT2D eigenvalue weighted by Crippen LogP contribution is 2.35. The van der Waals surface area contributed by atoms with Crippen molar-refractivity contribution in [3.63, 3.8) is 0 Å². The monoisotopic (exact) mass is 320 g/mol. The molecule has 0 unspecified atom stereocenters. The summed E-state index contributed by atoms with van der Waals surface area (Å²) >= 11 is 1.55. The van der Waals surface area contributed by atoms with Gasteiger partial charge in [-0.25, -0.2) is 4.98 Å². The van der Waals surface area contributed by atoms with Crippen LogP contribution in [-0.2, 0) is 16.1 Å². The molecule has 7 heteroatoms. The van der Waals surface area contributed by atoms with E-state index in [4.69, 9.17) is 4.74 Å². The molecule has 6 nitrogen and oxygen atoms in total. The maximum atomic E-state index is 12.6. The summed E-state index contributed by atoms with van der Waals surface area (Å²) in [5, 5.41) is 10.2. The van der Waals surface area contributed by atoms with Gasteiger partial charge in [0.2, 0.25) is 5.91 Å². The standard InChI is InChI=1S/C15H20N4O2S/c1-3-19-9-11(8-17-19)13-12(4-6-21-13)14(20)18-10(2)15-16-5-7-22-15/h5,7-10,12-13H,3-4,6H2,1-2H3,(H,18,20)/t10-,12+,13-/m1/s1. The Morgan fingerprint density at radius 3 is 3.18 bits per heavy atom. The maximum absolute atomic E-state index is 12.6. The second-order valence-corrected chi connectivity index (χ2v) is 6.34. The normalized spacial score (nSPS) is 22.6. The van der Waals surface area contributed by atoms with Gasteiger partial charge in [-0.3, -0.25) is 9.48 Å². The number of carbonyl (C=O) groups is 1. The van der Waals surface area contributed by atoms with Crippen molar-refractivity contribution in [2.45, 2.75) is 39.0 Å². The van der Waals surface area contributed by atoms with E-state index < -0.39 is 0 Å². The van der Waals surface area contributed by atoms with Crippen molar-refractivity contribution in [1.29, 1.82) is 0 Å². The summed E-state index contributed by atoms with van der Waals surface area (Å²) < 4.78 is 7.63. The molecule has 1 N–H and O–H groups in total. The molecule has 0 aliphatic carbocycles. The smallest absolute Gasteiger partial charge is 0.226 e. The zero-order valence-corrected chi connectivity index (χ0v) is 13.5. The third-order valence-corrected chi connectivity index (χ3v) is 4.87. The average Bonchev–Trinajstić information content (AvgIpc) is 3.25. The largest absolute Gasteiger partial charge is 0.373 e. The number of thiazole rings is 1. The molecule has 22 heavy (non-hydrogen) atoms. The van der Waals surface area contributed by atoms with Crippen molar-refractivity contribution >= 4 is 17.2 Å². The molecule has 2 aromatic rings. The van der Waals surface area contributed by atoms with Gasteiger partial charge in [0.15, 0.2) is 0 Å². The molecule has 2 aromatic heterocycles. The Kier molecular flexibility index (Phi) is 4.54. The first kappa shape index (κ1) is 15.2. The summed E-state index contributed by atoms with van der Waals surface area (Å²) in [6, 6.07) is -0.0767. The molecule has 3 heterocycles. The van der Waals surface area contributed by atoms with Crippen molar-refractivity contribution in [2.24, 2.45) is 5.92 Å². The molecule has 0 aromatic carbocycles. The van der Waals surface area contributed by atoms with Crippen molar-refractivity contribution in [3.05, 3.63) is 34.5 Å². The molecule has 1 fully saturated rings. The third kappa shape index (κ3) is 3.05. The van der Waals surface area contributed by atoms with Gasteiger partial charge in [-0.1, -0.05) is 0 Å². The summed E-state index contributed by atoms with van der Waals surface area (Å²) in [6.07, 6.45) is 6.04. The highest BCUT2D eigenvalue weighted by Gasteiger charge is 2.36. The van der Waals surface area contributed by atoms with Crippen LogP contribution in [0.2, 0.25) is 0 Å². The Bertz CT molecular complexity index is 625. The lowest BCUT2D eigenvalue weighted by atomic mass is 9.96. The highest BCUT2D eigenvalue weighted by atomic mass is 32.1. The second kappa shape index (κ2) is 6.58. The van der Waals surface area contributed by atoms with Crippen LogP contribution in [0.4, 0.5) is 0 Å². The number of aryl methyl sites for hydroxylation is 1. The maximum Gasteiger partial charge on any atom is 0.226 e. The molecule has 1 amide bonds. The fourth-order valence-corrected chi connectivity index (χ4v) is 3.36. The van der Waals surface area contributed by atoms with E-state index in [1.807, 2.05) is 30.1 Å². The van der Waals surface area contributed by atoms with Crippen molar-refractivity contribution in [1.82, 2.24) is 20.1 Å². The third-order valence-electron chi connectivity index (χ3n) is 3.91. The summed E-state index contributed by atoms with van der Waals surface area (Å²) in [6.45, 7) is 5.40. The van der Waals surface area contributed by atoms with Crippen molar-refractivity contribution < 1.29 is 9.53 Å². The molecule has 0 bridgehead atoms. The number of carbonyl (C=O) groups excluding carboxylic acids is 1. The van der Waals surface area contributed by atoms with E-state index in [-0.39, 0.29) is 24.0 Å². The van der Waals surface area contributed by atoms with E-state index >= 15 is 0 Å². The summed E-state index contributed by atoms with van der Waals surface area (Å²) in [5.41, 5.74) is 0.974. The van der Waals surface area contributed by atoms with E-state index in [1.54, 1.807) is 23.7 Å². The quantitative estimate of drug-likeness (QED) is 0.918. The van der Waals surface area contributed by atoms with Crippen LogP contribution in [0.15, 0.2) is 24.0 Å². The average molecular weight is 320 g/mol.